The Morgan fingerprint density at radius 2 is 1.57 bits per heavy atom. The van der Waals surface area contributed by atoms with E-state index in [9.17, 15) is 4.79 Å². The first kappa shape index (κ1) is 15.1. The maximum absolute atomic E-state index is 12.2. The van der Waals surface area contributed by atoms with E-state index in [0.29, 0.717) is 0 Å². The van der Waals surface area contributed by atoms with Crippen LogP contribution in [0, 0.1) is 6.92 Å². The minimum Gasteiger partial charge on any atom is -0.374 e. The zero-order valence-electron chi connectivity index (χ0n) is 12.8. The number of aryl methyl sites for hydroxylation is 2. The highest BCUT2D eigenvalue weighted by Gasteiger charge is 2.12. The number of rotatable bonds is 5. The molecule has 2 aromatic rings. The number of carbonyl (C=O) groups excluding carboxylic acids is 1. The van der Waals surface area contributed by atoms with Gasteiger partial charge in [-0.1, -0.05) is 36.8 Å². The Hall–Kier alpha value is -2.29. The molecule has 0 aliphatic rings. The van der Waals surface area contributed by atoms with E-state index in [1.54, 1.807) is 0 Å². The molecular weight excluding hydrogens is 260 g/mol. The van der Waals surface area contributed by atoms with Crippen molar-refractivity contribution in [3.8, 4) is 0 Å². The number of hydrogen-bond donors (Lipinski definition) is 2. The van der Waals surface area contributed by atoms with Gasteiger partial charge in [0.05, 0.1) is 0 Å². The minimum atomic E-state index is -0.293. The average Bonchev–Trinajstić information content (AvgIpc) is 2.50. The van der Waals surface area contributed by atoms with Crippen molar-refractivity contribution in [1.29, 1.82) is 0 Å². The molecule has 110 valence electrons. The van der Waals surface area contributed by atoms with Crippen molar-refractivity contribution in [2.24, 2.45) is 0 Å². The Morgan fingerprint density at radius 1 is 1.00 bits per heavy atom. The molecule has 0 spiro atoms. The van der Waals surface area contributed by atoms with E-state index in [-0.39, 0.29) is 11.9 Å². The monoisotopic (exact) mass is 282 g/mol. The van der Waals surface area contributed by atoms with E-state index in [2.05, 4.69) is 29.7 Å². The second-order valence-electron chi connectivity index (χ2n) is 5.27. The van der Waals surface area contributed by atoms with Crippen molar-refractivity contribution in [3.63, 3.8) is 0 Å². The average molecular weight is 282 g/mol. The summed E-state index contributed by atoms with van der Waals surface area (Å²) < 4.78 is 0. The van der Waals surface area contributed by atoms with Crippen molar-refractivity contribution >= 4 is 17.3 Å². The Labute approximate surface area is 126 Å². The van der Waals surface area contributed by atoms with Crippen LogP contribution in [0.4, 0.5) is 11.4 Å². The third-order valence-electron chi connectivity index (χ3n) is 3.46. The zero-order valence-corrected chi connectivity index (χ0v) is 12.8. The van der Waals surface area contributed by atoms with E-state index in [1.807, 2.05) is 50.2 Å². The van der Waals surface area contributed by atoms with Gasteiger partial charge in [0.2, 0.25) is 5.91 Å². The standard InChI is InChI=1S/C18H22N2O/c1-4-15-7-11-16(12-8-15)19-14(3)18(21)20-17-9-5-13(2)6-10-17/h5-12,14,19H,4H2,1-3H3,(H,20,21). The van der Waals surface area contributed by atoms with Crippen molar-refractivity contribution < 1.29 is 4.79 Å². The maximum atomic E-state index is 12.2. The Bertz CT molecular complexity index is 588. The molecule has 2 rings (SSSR count). The lowest BCUT2D eigenvalue weighted by atomic mass is 10.1. The molecule has 21 heavy (non-hydrogen) atoms. The van der Waals surface area contributed by atoms with Crippen LogP contribution in [0.3, 0.4) is 0 Å². The smallest absolute Gasteiger partial charge is 0.246 e. The van der Waals surface area contributed by atoms with E-state index in [1.165, 1.54) is 11.1 Å². The second-order valence-corrected chi connectivity index (χ2v) is 5.27. The normalized spacial score (nSPS) is 11.8. The number of nitrogens with one attached hydrogen (secondary N) is 2. The fourth-order valence-electron chi connectivity index (χ4n) is 2.04. The summed E-state index contributed by atoms with van der Waals surface area (Å²) in [5.74, 6) is -0.0431. The third-order valence-corrected chi connectivity index (χ3v) is 3.46. The van der Waals surface area contributed by atoms with Gasteiger partial charge in [0, 0.05) is 11.4 Å². The molecule has 0 aliphatic heterocycles. The quantitative estimate of drug-likeness (QED) is 0.870. The van der Waals surface area contributed by atoms with Crippen molar-refractivity contribution in [2.45, 2.75) is 33.2 Å². The van der Waals surface area contributed by atoms with Crippen LogP contribution in [-0.2, 0) is 11.2 Å². The van der Waals surface area contributed by atoms with Gasteiger partial charge in [0.1, 0.15) is 6.04 Å². The molecule has 0 saturated heterocycles. The van der Waals surface area contributed by atoms with Gasteiger partial charge in [-0.3, -0.25) is 4.79 Å². The highest BCUT2D eigenvalue weighted by Crippen LogP contribution is 2.13. The topological polar surface area (TPSA) is 41.1 Å². The molecule has 3 heteroatoms. The summed E-state index contributed by atoms with van der Waals surface area (Å²) in [6.07, 6.45) is 1.02. The largest absolute Gasteiger partial charge is 0.374 e. The molecule has 0 aromatic heterocycles. The van der Waals surface area contributed by atoms with Gasteiger partial charge < -0.3 is 10.6 Å². The van der Waals surface area contributed by atoms with Crippen LogP contribution in [0.5, 0.6) is 0 Å². The zero-order chi connectivity index (χ0) is 15.2. The maximum Gasteiger partial charge on any atom is 0.246 e. The van der Waals surface area contributed by atoms with Gasteiger partial charge in [0.25, 0.3) is 0 Å². The van der Waals surface area contributed by atoms with E-state index >= 15 is 0 Å². The summed E-state index contributed by atoms with van der Waals surface area (Å²) >= 11 is 0. The summed E-state index contributed by atoms with van der Waals surface area (Å²) in [5, 5.41) is 6.12. The molecule has 0 bridgehead atoms. The number of hydrogen-bond acceptors (Lipinski definition) is 2. The molecule has 0 radical (unpaired) electrons. The molecule has 0 saturated carbocycles. The van der Waals surface area contributed by atoms with E-state index in [0.717, 1.165) is 17.8 Å². The lowest BCUT2D eigenvalue weighted by molar-refractivity contribution is -0.116. The molecule has 1 unspecified atom stereocenters. The van der Waals surface area contributed by atoms with Crippen LogP contribution < -0.4 is 10.6 Å². The highest BCUT2D eigenvalue weighted by atomic mass is 16.2. The van der Waals surface area contributed by atoms with E-state index in [4.69, 9.17) is 0 Å². The van der Waals surface area contributed by atoms with Crippen LogP contribution >= 0.6 is 0 Å². The molecule has 0 fully saturated rings. The van der Waals surface area contributed by atoms with Crippen LogP contribution in [0.1, 0.15) is 25.0 Å². The van der Waals surface area contributed by atoms with Crippen molar-refractivity contribution in [1.82, 2.24) is 0 Å². The molecular formula is C18H22N2O. The molecule has 0 aliphatic carbocycles. The SMILES string of the molecule is CCc1ccc(NC(C)C(=O)Nc2ccc(C)cc2)cc1. The van der Waals surface area contributed by atoms with Gasteiger partial charge in [-0.05, 0) is 50.1 Å². The Kier molecular flexibility index (Phi) is 4.99. The molecule has 2 N–H and O–H groups in total. The summed E-state index contributed by atoms with van der Waals surface area (Å²) in [5.41, 5.74) is 4.24. The number of amides is 1. The van der Waals surface area contributed by atoms with Gasteiger partial charge in [-0.15, -0.1) is 0 Å². The van der Waals surface area contributed by atoms with Gasteiger partial charge in [0.15, 0.2) is 0 Å². The van der Waals surface area contributed by atoms with Crippen LogP contribution in [0.15, 0.2) is 48.5 Å². The Balaban J connectivity index is 1.93. The first-order valence-corrected chi connectivity index (χ1v) is 7.31. The van der Waals surface area contributed by atoms with Crippen LogP contribution in [-0.4, -0.2) is 11.9 Å². The lowest BCUT2D eigenvalue weighted by Crippen LogP contribution is -2.31. The summed E-state index contributed by atoms with van der Waals surface area (Å²) in [6, 6.07) is 15.7. The van der Waals surface area contributed by atoms with Gasteiger partial charge in [-0.2, -0.15) is 0 Å². The third kappa shape index (κ3) is 4.35. The first-order valence-electron chi connectivity index (χ1n) is 7.31. The first-order chi connectivity index (χ1) is 10.1. The van der Waals surface area contributed by atoms with Gasteiger partial charge in [-0.25, -0.2) is 0 Å². The van der Waals surface area contributed by atoms with E-state index < -0.39 is 0 Å². The predicted molar refractivity (Wildman–Crippen MR) is 88.7 cm³/mol. The van der Waals surface area contributed by atoms with Crippen molar-refractivity contribution in [2.75, 3.05) is 10.6 Å². The molecule has 1 amide bonds. The number of benzene rings is 2. The predicted octanol–water partition coefficient (Wildman–Crippen LogP) is 4.00. The summed E-state index contributed by atoms with van der Waals surface area (Å²) in [6.45, 7) is 6.01. The number of anilines is 2. The molecule has 0 heterocycles. The van der Waals surface area contributed by atoms with Crippen molar-refractivity contribution in [3.05, 3.63) is 59.7 Å². The fraction of sp³-hybridized carbons (Fsp3) is 0.278. The number of carbonyl (C=O) groups is 1. The highest BCUT2D eigenvalue weighted by molar-refractivity contribution is 5.96. The Morgan fingerprint density at radius 3 is 2.14 bits per heavy atom. The molecule has 1 atom stereocenters. The second kappa shape index (κ2) is 6.93. The fourth-order valence-corrected chi connectivity index (χ4v) is 2.04. The van der Waals surface area contributed by atoms with Crippen LogP contribution in [0.2, 0.25) is 0 Å². The van der Waals surface area contributed by atoms with Crippen LogP contribution in [0.25, 0.3) is 0 Å². The van der Waals surface area contributed by atoms with Gasteiger partial charge >= 0.3 is 0 Å². The molecule has 3 nitrogen and oxygen atoms in total. The summed E-state index contributed by atoms with van der Waals surface area (Å²) in [4.78, 5) is 12.2. The molecule has 2 aromatic carbocycles. The summed E-state index contributed by atoms with van der Waals surface area (Å²) in [7, 11) is 0. The lowest BCUT2D eigenvalue weighted by Gasteiger charge is -2.15. The minimum absolute atomic E-state index is 0.0431.